The van der Waals surface area contributed by atoms with Gasteiger partial charge >= 0.3 is 0 Å². The number of nitrogens with zero attached hydrogens (tertiary/aromatic N) is 1. The highest BCUT2D eigenvalue weighted by molar-refractivity contribution is 5.99. The topological polar surface area (TPSA) is 32.3 Å². The van der Waals surface area contributed by atoms with Crippen molar-refractivity contribution in [2.75, 3.05) is 18.0 Å². The van der Waals surface area contributed by atoms with Crippen molar-refractivity contribution in [2.45, 2.75) is 45.1 Å². The third-order valence-corrected chi connectivity index (χ3v) is 4.24. The Morgan fingerprint density at radius 3 is 3.00 bits per heavy atom. The molecule has 1 aliphatic carbocycles. The van der Waals surface area contributed by atoms with Crippen molar-refractivity contribution < 1.29 is 4.79 Å². The van der Waals surface area contributed by atoms with Crippen LogP contribution in [0.15, 0.2) is 18.2 Å². The lowest BCUT2D eigenvalue weighted by Gasteiger charge is -2.18. The fourth-order valence-electron chi connectivity index (χ4n) is 3.17. The van der Waals surface area contributed by atoms with Gasteiger partial charge in [-0.1, -0.05) is 13.0 Å². The zero-order valence-electron chi connectivity index (χ0n) is 11.6. The van der Waals surface area contributed by atoms with Gasteiger partial charge in [0.25, 0.3) is 0 Å². The van der Waals surface area contributed by atoms with Crippen LogP contribution in [0.3, 0.4) is 0 Å². The first-order chi connectivity index (χ1) is 9.29. The van der Waals surface area contributed by atoms with Gasteiger partial charge < -0.3 is 10.2 Å². The van der Waals surface area contributed by atoms with E-state index in [9.17, 15) is 4.79 Å². The number of fused-ring (bicyclic) bond motifs is 1. The second-order valence-electron chi connectivity index (χ2n) is 5.59. The second kappa shape index (κ2) is 5.33. The molecule has 1 unspecified atom stereocenters. The molecule has 1 N–H and O–H groups in total. The van der Waals surface area contributed by atoms with Crippen molar-refractivity contribution in [1.82, 2.24) is 5.32 Å². The summed E-state index contributed by atoms with van der Waals surface area (Å²) < 4.78 is 0. The Labute approximate surface area is 115 Å². The Kier molecular flexibility index (Phi) is 3.56. The quantitative estimate of drug-likeness (QED) is 0.898. The third-order valence-electron chi connectivity index (χ3n) is 4.24. The summed E-state index contributed by atoms with van der Waals surface area (Å²) >= 11 is 0. The summed E-state index contributed by atoms with van der Waals surface area (Å²) in [5.41, 5.74) is 4.00. The van der Waals surface area contributed by atoms with Gasteiger partial charge in [0.1, 0.15) is 0 Å². The number of anilines is 1. The fourth-order valence-corrected chi connectivity index (χ4v) is 3.17. The maximum absolute atomic E-state index is 12.4. The molecule has 19 heavy (non-hydrogen) atoms. The number of hydrogen-bond donors (Lipinski definition) is 1. The van der Waals surface area contributed by atoms with Crippen molar-refractivity contribution in [3.05, 3.63) is 29.3 Å². The standard InChI is InChI=1S/C16H22N2O/c1-2-9-17-15-8-10-18(16(15)19)14-7-6-12-4-3-5-13(12)11-14/h6-7,11,15,17H,2-5,8-10H2,1H3. The second-order valence-corrected chi connectivity index (χ2v) is 5.59. The van der Waals surface area contributed by atoms with Crippen LogP contribution in [0.2, 0.25) is 0 Å². The molecule has 1 saturated heterocycles. The molecule has 0 spiro atoms. The number of hydrogen-bond acceptors (Lipinski definition) is 2. The molecule has 1 atom stereocenters. The predicted octanol–water partition coefficient (Wildman–Crippen LogP) is 2.28. The van der Waals surface area contributed by atoms with E-state index in [1.807, 2.05) is 4.90 Å². The highest BCUT2D eigenvalue weighted by Gasteiger charge is 2.32. The summed E-state index contributed by atoms with van der Waals surface area (Å²) in [6.45, 7) is 3.90. The van der Waals surface area contributed by atoms with Crippen LogP contribution in [-0.4, -0.2) is 25.0 Å². The zero-order valence-corrected chi connectivity index (χ0v) is 11.6. The third kappa shape index (κ3) is 2.39. The SMILES string of the molecule is CCCNC1CCN(c2ccc3c(c2)CCC3)C1=O. The normalized spacial score (nSPS) is 22.1. The monoisotopic (exact) mass is 258 g/mol. The summed E-state index contributed by atoms with van der Waals surface area (Å²) in [5, 5.41) is 3.34. The minimum absolute atomic E-state index is 0.0215. The molecule has 0 bridgehead atoms. The van der Waals surface area contributed by atoms with Gasteiger partial charge in [0.15, 0.2) is 0 Å². The number of aryl methyl sites for hydroxylation is 2. The van der Waals surface area contributed by atoms with Gasteiger partial charge in [-0.05, 0) is 61.9 Å². The van der Waals surface area contributed by atoms with Gasteiger partial charge in [-0.15, -0.1) is 0 Å². The van der Waals surface area contributed by atoms with E-state index in [1.165, 1.54) is 30.4 Å². The van der Waals surface area contributed by atoms with E-state index in [0.717, 1.165) is 31.6 Å². The van der Waals surface area contributed by atoms with Gasteiger partial charge in [-0.3, -0.25) is 4.79 Å². The number of carbonyl (C=O) groups is 1. The highest BCUT2D eigenvalue weighted by atomic mass is 16.2. The first-order valence-corrected chi connectivity index (χ1v) is 7.46. The zero-order chi connectivity index (χ0) is 13.2. The predicted molar refractivity (Wildman–Crippen MR) is 77.5 cm³/mol. The average molecular weight is 258 g/mol. The number of nitrogens with one attached hydrogen (secondary N) is 1. The summed E-state index contributed by atoms with van der Waals surface area (Å²) in [6.07, 6.45) is 5.62. The summed E-state index contributed by atoms with van der Waals surface area (Å²) in [7, 11) is 0. The van der Waals surface area contributed by atoms with Crippen LogP contribution in [0.5, 0.6) is 0 Å². The van der Waals surface area contributed by atoms with E-state index in [4.69, 9.17) is 0 Å². The van der Waals surface area contributed by atoms with Crippen LogP contribution < -0.4 is 10.2 Å². The molecule has 1 aliphatic heterocycles. The molecule has 1 amide bonds. The Balaban J connectivity index is 1.74. The van der Waals surface area contributed by atoms with Gasteiger partial charge in [-0.25, -0.2) is 0 Å². The summed E-state index contributed by atoms with van der Waals surface area (Å²) in [6, 6.07) is 6.57. The van der Waals surface area contributed by atoms with Crippen LogP contribution in [0, 0.1) is 0 Å². The summed E-state index contributed by atoms with van der Waals surface area (Å²) in [5.74, 6) is 0.242. The number of amides is 1. The molecule has 1 heterocycles. The molecule has 3 nitrogen and oxygen atoms in total. The summed E-state index contributed by atoms with van der Waals surface area (Å²) in [4.78, 5) is 14.3. The van der Waals surface area contributed by atoms with Crippen LogP contribution in [0.25, 0.3) is 0 Å². The molecule has 102 valence electrons. The van der Waals surface area contributed by atoms with E-state index >= 15 is 0 Å². The van der Waals surface area contributed by atoms with Gasteiger partial charge in [0.05, 0.1) is 6.04 Å². The Morgan fingerprint density at radius 2 is 2.16 bits per heavy atom. The number of benzene rings is 1. The largest absolute Gasteiger partial charge is 0.311 e. The minimum atomic E-state index is 0.0215. The van der Waals surface area contributed by atoms with Crippen molar-refractivity contribution in [2.24, 2.45) is 0 Å². The fraction of sp³-hybridized carbons (Fsp3) is 0.562. The van der Waals surface area contributed by atoms with Gasteiger partial charge in [-0.2, -0.15) is 0 Å². The van der Waals surface area contributed by atoms with Crippen molar-refractivity contribution in [3.8, 4) is 0 Å². The maximum Gasteiger partial charge on any atom is 0.244 e. The van der Waals surface area contributed by atoms with Crippen molar-refractivity contribution in [1.29, 1.82) is 0 Å². The molecule has 1 aromatic rings. The minimum Gasteiger partial charge on any atom is -0.311 e. The maximum atomic E-state index is 12.4. The van der Waals surface area contributed by atoms with Crippen molar-refractivity contribution >= 4 is 11.6 Å². The molecule has 2 aliphatic rings. The number of rotatable bonds is 4. The van der Waals surface area contributed by atoms with Crippen molar-refractivity contribution in [3.63, 3.8) is 0 Å². The molecule has 3 rings (SSSR count). The molecule has 0 saturated carbocycles. The molecule has 0 radical (unpaired) electrons. The molecule has 0 aromatic heterocycles. The van der Waals surface area contributed by atoms with E-state index in [2.05, 4.69) is 30.4 Å². The lowest BCUT2D eigenvalue weighted by atomic mass is 10.1. The molecule has 3 heteroatoms. The first-order valence-electron chi connectivity index (χ1n) is 7.46. The lowest BCUT2D eigenvalue weighted by Crippen LogP contribution is -2.38. The molecule has 1 aromatic carbocycles. The van der Waals surface area contributed by atoms with Crippen LogP contribution in [0.1, 0.15) is 37.3 Å². The highest BCUT2D eigenvalue weighted by Crippen LogP contribution is 2.29. The Morgan fingerprint density at radius 1 is 1.32 bits per heavy atom. The Bertz CT molecular complexity index is 484. The van der Waals surface area contributed by atoms with Gasteiger partial charge in [0.2, 0.25) is 5.91 Å². The number of carbonyl (C=O) groups excluding carboxylic acids is 1. The van der Waals surface area contributed by atoms with Crippen LogP contribution in [0.4, 0.5) is 5.69 Å². The van der Waals surface area contributed by atoms with E-state index < -0.39 is 0 Å². The van der Waals surface area contributed by atoms with E-state index in [0.29, 0.717) is 0 Å². The van der Waals surface area contributed by atoms with Crippen LogP contribution in [-0.2, 0) is 17.6 Å². The lowest BCUT2D eigenvalue weighted by molar-refractivity contribution is -0.118. The smallest absolute Gasteiger partial charge is 0.244 e. The molecule has 1 fully saturated rings. The molecular formula is C16H22N2O. The first kappa shape index (κ1) is 12.7. The molecular weight excluding hydrogens is 236 g/mol. The van der Waals surface area contributed by atoms with Crippen LogP contribution >= 0.6 is 0 Å². The van der Waals surface area contributed by atoms with Gasteiger partial charge in [0, 0.05) is 12.2 Å². The van der Waals surface area contributed by atoms with E-state index in [-0.39, 0.29) is 11.9 Å². The van der Waals surface area contributed by atoms with E-state index in [1.54, 1.807) is 0 Å². The average Bonchev–Trinajstić information content (AvgIpc) is 3.02. The Hall–Kier alpha value is -1.35.